The molecule has 0 aliphatic rings. The summed E-state index contributed by atoms with van der Waals surface area (Å²) in [4.78, 5) is 0. The van der Waals surface area contributed by atoms with Gasteiger partial charge in [0.2, 0.25) is 11.8 Å². The van der Waals surface area contributed by atoms with E-state index in [0.717, 1.165) is 23.2 Å². The Morgan fingerprint density at radius 2 is 0.919 bits per heavy atom. The summed E-state index contributed by atoms with van der Waals surface area (Å²) in [7, 11) is 0. The molecule has 7 aromatic rings. The summed E-state index contributed by atoms with van der Waals surface area (Å²) in [6.45, 7) is 0.789. The van der Waals surface area contributed by atoms with Gasteiger partial charge < -0.3 is 8.98 Å². The van der Waals surface area contributed by atoms with Crippen molar-refractivity contribution in [3.8, 4) is 34.0 Å². The lowest BCUT2D eigenvalue weighted by atomic mass is 10.0. The third-order valence-corrected chi connectivity index (χ3v) is 6.89. The molecule has 2 heterocycles. The minimum atomic E-state index is 0.518. The third-order valence-electron chi connectivity index (χ3n) is 6.89. The average Bonchev–Trinajstić information content (AvgIpc) is 3.59. The Balaban J connectivity index is 1.14. The van der Waals surface area contributed by atoms with Crippen LogP contribution in [0, 0.1) is 0 Å². The minimum Gasteiger partial charge on any atom is -0.416 e. The zero-order valence-corrected chi connectivity index (χ0v) is 20.1. The van der Waals surface area contributed by atoms with Crippen LogP contribution in [-0.2, 0) is 6.54 Å². The standard InChI is InChI=1S/C33H23N3O/c1-2-8-24(9-3-1)25-18-20-27(21-19-25)33-35-34-32(37-33)26-16-14-23(15-17-26)22-36-30-12-6-4-10-28(30)29-11-5-7-13-31(29)36/h1-21H,22H2. The van der Waals surface area contributed by atoms with Crippen molar-refractivity contribution in [1.29, 1.82) is 0 Å². The van der Waals surface area contributed by atoms with Crippen molar-refractivity contribution in [3.05, 3.63) is 133 Å². The Morgan fingerprint density at radius 3 is 1.51 bits per heavy atom. The van der Waals surface area contributed by atoms with Crippen LogP contribution in [0.1, 0.15) is 5.56 Å². The molecule has 0 bridgehead atoms. The highest BCUT2D eigenvalue weighted by Crippen LogP contribution is 2.30. The molecule has 37 heavy (non-hydrogen) atoms. The van der Waals surface area contributed by atoms with Crippen LogP contribution in [0.15, 0.2) is 132 Å². The van der Waals surface area contributed by atoms with E-state index in [1.807, 2.05) is 30.3 Å². The fourth-order valence-electron chi connectivity index (χ4n) is 5.00. The van der Waals surface area contributed by atoms with E-state index in [1.165, 1.54) is 32.9 Å². The van der Waals surface area contributed by atoms with Gasteiger partial charge >= 0.3 is 0 Å². The molecule has 0 aliphatic heterocycles. The first kappa shape index (κ1) is 21.3. The number of aromatic nitrogens is 3. The van der Waals surface area contributed by atoms with Crippen LogP contribution in [0.2, 0.25) is 0 Å². The van der Waals surface area contributed by atoms with Gasteiger partial charge in [-0.15, -0.1) is 10.2 Å². The molecule has 4 heteroatoms. The molecule has 0 atom stereocenters. The van der Waals surface area contributed by atoms with Crippen molar-refractivity contribution < 1.29 is 4.42 Å². The maximum atomic E-state index is 6.03. The summed E-state index contributed by atoms with van der Waals surface area (Å²) in [5.74, 6) is 1.04. The first-order valence-electron chi connectivity index (χ1n) is 12.4. The van der Waals surface area contributed by atoms with E-state index in [4.69, 9.17) is 4.42 Å². The first-order valence-corrected chi connectivity index (χ1v) is 12.4. The van der Waals surface area contributed by atoms with Gasteiger partial charge in [0.05, 0.1) is 0 Å². The van der Waals surface area contributed by atoms with Crippen molar-refractivity contribution in [1.82, 2.24) is 14.8 Å². The van der Waals surface area contributed by atoms with E-state index in [-0.39, 0.29) is 0 Å². The molecule has 0 N–H and O–H groups in total. The third kappa shape index (κ3) is 3.89. The molecule has 0 aliphatic carbocycles. The molecule has 0 unspecified atom stereocenters. The second-order valence-corrected chi connectivity index (χ2v) is 9.17. The number of hydrogen-bond acceptors (Lipinski definition) is 3. The van der Waals surface area contributed by atoms with Gasteiger partial charge in [-0.05, 0) is 53.1 Å². The molecule has 7 rings (SSSR count). The summed E-state index contributed by atoms with van der Waals surface area (Å²) in [6.07, 6.45) is 0. The van der Waals surface area contributed by atoms with Gasteiger partial charge in [-0.2, -0.15) is 0 Å². The molecule has 0 saturated carbocycles. The number of nitrogens with zero attached hydrogens (tertiary/aromatic N) is 3. The zero-order chi connectivity index (χ0) is 24.6. The Hall–Kier alpha value is -4.96. The monoisotopic (exact) mass is 477 g/mol. The first-order chi connectivity index (χ1) is 18.3. The predicted molar refractivity (Wildman–Crippen MR) is 149 cm³/mol. The molecule has 176 valence electrons. The molecule has 0 spiro atoms. The van der Waals surface area contributed by atoms with Crippen molar-refractivity contribution in [3.63, 3.8) is 0 Å². The van der Waals surface area contributed by atoms with E-state index in [9.17, 15) is 0 Å². The van der Waals surface area contributed by atoms with Gasteiger partial charge in [0, 0.05) is 39.5 Å². The highest BCUT2D eigenvalue weighted by atomic mass is 16.4. The number of fused-ring (bicyclic) bond motifs is 3. The average molecular weight is 478 g/mol. The number of hydrogen-bond donors (Lipinski definition) is 0. The summed E-state index contributed by atoms with van der Waals surface area (Å²) < 4.78 is 8.41. The van der Waals surface area contributed by atoms with Crippen LogP contribution in [0.3, 0.4) is 0 Å². The van der Waals surface area contributed by atoms with Crippen molar-refractivity contribution in [2.45, 2.75) is 6.54 Å². The smallest absolute Gasteiger partial charge is 0.248 e. The molecule has 0 saturated heterocycles. The fraction of sp³-hybridized carbons (Fsp3) is 0.0303. The molecular weight excluding hydrogens is 454 g/mol. The molecule has 4 nitrogen and oxygen atoms in total. The lowest BCUT2D eigenvalue weighted by molar-refractivity contribution is 0.584. The summed E-state index contributed by atoms with van der Waals surface area (Å²) in [5, 5.41) is 11.2. The van der Waals surface area contributed by atoms with Crippen molar-refractivity contribution in [2.24, 2.45) is 0 Å². The molecule has 0 fully saturated rings. The maximum Gasteiger partial charge on any atom is 0.248 e. The Bertz CT molecular complexity index is 1780. The molecule has 0 amide bonds. The van der Waals surface area contributed by atoms with Crippen LogP contribution in [0.25, 0.3) is 55.8 Å². The highest BCUT2D eigenvalue weighted by Gasteiger charge is 2.13. The van der Waals surface area contributed by atoms with E-state index in [0.29, 0.717) is 11.8 Å². The van der Waals surface area contributed by atoms with E-state index >= 15 is 0 Å². The summed E-state index contributed by atoms with van der Waals surface area (Å²) in [6, 6.07) is 44.1. The highest BCUT2D eigenvalue weighted by molar-refractivity contribution is 6.08. The van der Waals surface area contributed by atoms with E-state index < -0.39 is 0 Å². The normalized spacial score (nSPS) is 11.4. The summed E-state index contributed by atoms with van der Waals surface area (Å²) in [5.41, 5.74) is 7.85. The van der Waals surface area contributed by atoms with Gasteiger partial charge in [-0.1, -0.05) is 91.0 Å². The summed E-state index contributed by atoms with van der Waals surface area (Å²) >= 11 is 0. The number of rotatable bonds is 5. The van der Waals surface area contributed by atoms with Crippen LogP contribution in [0.5, 0.6) is 0 Å². The van der Waals surface area contributed by atoms with Gasteiger partial charge in [0.15, 0.2) is 0 Å². The topological polar surface area (TPSA) is 43.9 Å². The fourth-order valence-corrected chi connectivity index (χ4v) is 5.00. The maximum absolute atomic E-state index is 6.03. The lowest BCUT2D eigenvalue weighted by Crippen LogP contribution is -1.99. The molecular formula is C33H23N3O. The van der Waals surface area contributed by atoms with Crippen LogP contribution >= 0.6 is 0 Å². The predicted octanol–water partition coefficient (Wildman–Crippen LogP) is 8.23. The Labute approximate surface area is 214 Å². The van der Waals surface area contributed by atoms with Crippen molar-refractivity contribution in [2.75, 3.05) is 0 Å². The Kier molecular flexibility index (Phi) is 5.14. The number of para-hydroxylation sites is 2. The molecule has 2 aromatic heterocycles. The van der Waals surface area contributed by atoms with Crippen LogP contribution in [0.4, 0.5) is 0 Å². The van der Waals surface area contributed by atoms with Gasteiger partial charge in [-0.3, -0.25) is 0 Å². The van der Waals surface area contributed by atoms with Crippen LogP contribution < -0.4 is 0 Å². The van der Waals surface area contributed by atoms with Gasteiger partial charge in [0.25, 0.3) is 0 Å². The lowest BCUT2D eigenvalue weighted by Gasteiger charge is -2.08. The van der Waals surface area contributed by atoms with Gasteiger partial charge in [-0.25, -0.2) is 0 Å². The van der Waals surface area contributed by atoms with Gasteiger partial charge in [0.1, 0.15) is 0 Å². The van der Waals surface area contributed by atoms with Crippen LogP contribution in [-0.4, -0.2) is 14.8 Å². The zero-order valence-electron chi connectivity index (χ0n) is 20.1. The van der Waals surface area contributed by atoms with E-state index in [2.05, 4.69) is 112 Å². The SMILES string of the molecule is c1ccc(-c2ccc(-c3nnc(-c4ccc(Cn5c6ccccc6c6ccccc65)cc4)o3)cc2)cc1. The van der Waals surface area contributed by atoms with Crippen molar-refractivity contribution >= 4 is 21.8 Å². The largest absolute Gasteiger partial charge is 0.416 e. The minimum absolute atomic E-state index is 0.518. The quantitative estimate of drug-likeness (QED) is 0.251. The number of benzene rings is 5. The molecule has 5 aromatic carbocycles. The molecule has 0 radical (unpaired) electrons. The second kappa shape index (κ2) is 8.92. The second-order valence-electron chi connectivity index (χ2n) is 9.17. The van der Waals surface area contributed by atoms with E-state index in [1.54, 1.807) is 0 Å². The Morgan fingerprint density at radius 1 is 0.459 bits per heavy atom.